The highest BCUT2D eigenvalue weighted by Crippen LogP contribution is 2.41. The molecule has 6 nitrogen and oxygen atoms in total. The van der Waals surface area contributed by atoms with E-state index >= 15 is 0 Å². The molecule has 1 saturated heterocycles. The second-order valence-corrected chi connectivity index (χ2v) is 7.14. The molecule has 2 aromatic rings. The lowest BCUT2D eigenvalue weighted by Crippen LogP contribution is -2.36. The number of phenols is 2. The number of rotatable bonds is 5. The highest BCUT2D eigenvalue weighted by molar-refractivity contribution is 7.99. The van der Waals surface area contributed by atoms with Crippen molar-refractivity contribution in [2.75, 3.05) is 20.0 Å². The van der Waals surface area contributed by atoms with Gasteiger partial charge < -0.3 is 24.6 Å². The van der Waals surface area contributed by atoms with E-state index in [0.29, 0.717) is 35.8 Å². The van der Waals surface area contributed by atoms with Crippen molar-refractivity contribution in [3.63, 3.8) is 0 Å². The third kappa shape index (κ3) is 3.83. The summed E-state index contributed by atoms with van der Waals surface area (Å²) in [5.41, 5.74) is 1.55. The fourth-order valence-electron chi connectivity index (χ4n) is 3.00. The van der Waals surface area contributed by atoms with Gasteiger partial charge in [-0.3, -0.25) is 4.79 Å². The molecule has 138 valence electrons. The van der Waals surface area contributed by atoms with Crippen LogP contribution in [0.25, 0.3) is 0 Å². The Labute approximate surface area is 156 Å². The summed E-state index contributed by atoms with van der Waals surface area (Å²) in [5, 5.41) is 19.3. The largest absolute Gasteiger partial charge is 0.508 e. The van der Waals surface area contributed by atoms with E-state index in [1.807, 2.05) is 12.1 Å². The lowest BCUT2D eigenvalue weighted by molar-refractivity contribution is -0.132. The Hall–Kier alpha value is -2.54. The predicted molar refractivity (Wildman–Crippen MR) is 99.7 cm³/mol. The number of carbonyl (C=O) groups is 1. The summed E-state index contributed by atoms with van der Waals surface area (Å²) in [6, 6.07) is 9.92. The lowest BCUT2D eigenvalue weighted by atomic mass is 10.1. The minimum atomic E-state index is -0.291. The minimum absolute atomic E-state index is 0.0226. The molecule has 1 amide bonds. The van der Waals surface area contributed by atoms with E-state index in [0.717, 1.165) is 5.56 Å². The summed E-state index contributed by atoms with van der Waals surface area (Å²) in [7, 11) is 3.17. The number of thioether (sulfide) groups is 1. The summed E-state index contributed by atoms with van der Waals surface area (Å²) >= 11 is 1.60. The van der Waals surface area contributed by atoms with Crippen LogP contribution in [0, 0.1) is 0 Å². The van der Waals surface area contributed by atoms with Crippen LogP contribution in [0.3, 0.4) is 0 Å². The first kappa shape index (κ1) is 18.3. The van der Waals surface area contributed by atoms with Crippen LogP contribution >= 0.6 is 11.8 Å². The minimum Gasteiger partial charge on any atom is -0.508 e. The summed E-state index contributed by atoms with van der Waals surface area (Å²) < 4.78 is 10.7. The van der Waals surface area contributed by atoms with E-state index in [2.05, 4.69) is 0 Å². The highest BCUT2D eigenvalue weighted by atomic mass is 32.2. The van der Waals surface area contributed by atoms with Crippen molar-refractivity contribution in [1.82, 2.24) is 4.90 Å². The number of ether oxygens (including phenoxy) is 2. The van der Waals surface area contributed by atoms with E-state index in [1.165, 1.54) is 6.07 Å². The van der Waals surface area contributed by atoms with Crippen molar-refractivity contribution < 1.29 is 24.5 Å². The summed E-state index contributed by atoms with van der Waals surface area (Å²) in [5.74, 6) is 1.98. The second-order valence-electron chi connectivity index (χ2n) is 5.96. The van der Waals surface area contributed by atoms with Gasteiger partial charge in [0, 0.05) is 29.9 Å². The van der Waals surface area contributed by atoms with Crippen LogP contribution in [0.15, 0.2) is 36.4 Å². The molecule has 1 fully saturated rings. The quantitative estimate of drug-likeness (QED) is 0.835. The van der Waals surface area contributed by atoms with Crippen molar-refractivity contribution in [2.45, 2.75) is 18.3 Å². The van der Waals surface area contributed by atoms with Gasteiger partial charge in [0.05, 0.1) is 20.8 Å². The summed E-state index contributed by atoms with van der Waals surface area (Å²) in [6.45, 7) is 0.361. The fraction of sp³-hybridized carbons (Fsp3) is 0.316. The number of amides is 1. The topological polar surface area (TPSA) is 79.2 Å². The molecule has 1 unspecified atom stereocenters. The van der Waals surface area contributed by atoms with E-state index in [9.17, 15) is 15.0 Å². The third-order valence-electron chi connectivity index (χ3n) is 4.24. The first-order chi connectivity index (χ1) is 12.5. The van der Waals surface area contributed by atoms with E-state index < -0.39 is 0 Å². The third-order valence-corrected chi connectivity index (χ3v) is 5.52. The van der Waals surface area contributed by atoms with Gasteiger partial charge in [-0.05, 0) is 29.8 Å². The lowest BCUT2D eigenvalue weighted by Gasteiger charge is -2.36. The predicted octanol–water partition coefficient (Wildman–Crippen LogP) is 3.28. The molecule has 0 spiro atoms. The van der Waals surface area contributed by atoms with Gasteiger partial charge in [-0.2, -0.15) is 0 Å². The number of phenolic OH excluding ortho intramolecular Hbond substituents is 2. The van der Waals surface area contributed by atoms with Crippen molar-refractivity contribution in [3.05, 3.63) is 47.5 Å². The van der Waals surface area contributed by atoms with Crippen molar-refractivity contribution in [3.8, 4) is 23.0 Å². The zero-order chi connectivity index (χ0) is 18.7. The van der Waals surface area contributed by atoms with Crippen LogP contribution in [0.5, 0.6) is 23.0 Å². The van der Waals surface area contributed by atoms with Gasteiger partial charge in [0.25, 0.3) is 0 Å². The molecule has 0 aromatic heterocycles. The number of nitrogens with zero attached hydrogens (tertiary/aromatic N) is 1. The summed E-state index contributed by atoms with van der Waals surface area (Å²) in [6.07, 6.45) is 0.449. The molecular weight excluding hydrogens is 354 g/mol. The van der Waals surface area contributed by atoms with Gasteiger partial charge in [-0.1, -0.05) is 0 Å². The van der Waals surface area contributed by atoms with Gasteiger partial charge in [-0.25, -0.2) is 0 Å². The zero-order valence-electron chi connectivity index (χ0n) is 14.6. The Morgan fingerprint density at radius 3 is 2.50 bits per heavy atom. The van der Waals surface area contributed by atoms with E-state index in [4.69, 9.17) is 9.47 Å². The average Bonchev–Trinajstić information content (AvgIpc) is 2.62. The molecule has 0 saturated carbocycles. The molecule has 0 radical (unpaired) electrons. The average molecular weight is 375 g/mol. The fourth-order valence-corrected chi connectivity index (χ4v) is 4.21. The molecule has 1 atom stereocenters. The molecule has 1 heterocycles. The maximum Gasteiger partial charge on any atom is 0.224 e. The van der Waals surface area contributed by atoms with Crippen LogP contribution < -0.4 is 9.47 Å². The van der Waals surface area contributed by atoms with Gasteiger partial charge >= 0.3 is 0 Å². The number of carbonyl (C=O) groups excluding carboxylic acids is 1. The van der Waals surface area contributed by atoms with Crippen molar-refractivity contribution >= 4 is 17.7 Å². The van der Waals surface area contributed by atoms with Crippen LogP contribution in [0.2, 0.25) is 0 Å². The Morgan fingerprint density at radius 1 is 1.12 bits per heavy atom. The maximum absolute atomic E-state index is 12.6. The number of benzene rings is 2. The van der Waals surface area contributed by atoms with Crippen molar-refractivity contribution in [1.29, 1.82) is 0 Å². The number of methoxy groups -OCH3 is 2. The van der Waals surface area contributed by atoms with Gasteiger partial charge in [0.15, 0.2) is 0 Å². The second kappa shape index (κ2) is 7.78. The van der Waals surface area contributed by atoms with E-state index in [1.54, 1.807) is 49.1 Å². The van der Waals surface area contributed by atoms with Crippen LogP contribution in [-0.4, -0.2) is 41.0 Å². The SMILES string of the molecule is COc1ccc(CN2C(=O)CCSC2c2cc(O)cc(O)c2)c(OC)c1. The Balaban J connectivity index is 1.93. The molecule has 2 aromatic carbocycles. The molecule has 0 aliphatic carbocycles. The smallest absolute Gasteiger partial charge is 0.224 e. The van der Waals surface area contributed by atoms with Crippen LogP contribution in [0.4, 0.5) is 0 Å². The first-order valence-corrected chi connectivity index (χ1v) is 9.21. The Morgan fingerprint density at radius 2 is 1.85 bits per heavy atom. The normalized spacial score (nSPS) is 17.2. The van der Waals surface area contributed by atoms with Gasteiger partial charge in [0.1, 0.15) is 28.4 Å². The number of hydrogen-bond acceptors (Lipinski definition) is 6. The molecule has 3 rings (SSSR count). The molecule has 7 heteroatoms. The van der Waals surface area contributed by atoms with Crippen LogP contribution in [-0.2, 0) is 11.3 Å². The standard InChI is InChI=1S/C19H21NO5S/c1-24-16-4-3-12(17(10-16)25-2)11-20-18(23)5-6-26-19(20)13-7-14(21)9-15(22)8-13/h3-4,7-10,19,21-22H,5-6,11H2,1-2H3. The van der Waals surface area contributed by atoms with Crippen molar-refractivity contribution in [2.24, 2.45) is 0 Å². The molecule has 0 bridgehead atoms. The first-order valence-electron chi connectivity index (χ1n) is 8.16. The van der Waals surface area contributed by atoms with Gasteiger partial charge in [-0.15, -0.1) is 11.8 Å². The maximum atomic E-state index is 12.6. The molecule has 26 heavy (non-hydrogen) atoms. The molecule has 1 aliphatic rings. The van der Waals surface area contributed by atoms with E-state index in [-0.39, 0.29) is 22.8 Å². The number of hydrogen-bond donors (Lipinski definition) is 2. The number of aromatic hydroxyl groups is 2. The molecular formula is C19H21NO5S. The Kier molecular flexibility index (Phi) is 5.46. The van der Waals surface area contributed by atoms with Gasteiger partial charge in [0.2, 0.25) is 5.91 Å². The molecule has 2 N–H and O–H groups in total. The summed E-state index contributed by atoms with van der Waals surface area (Å²) in [4.78, 5) is 14.3. The monoisotopic (exact) mass is 375 g/mol. The van der Waals surface area contributed by atoms with Crippen LogP contribution in [0.1, 0.15) is 22.9 Å². The Bertz CT molecular complexity index is 790. The highest BCUT2D eigenvalue weighted by Gasteiger charge is 2.31. The molecule has 1 aliphatic heterocycles. The zero-order valence-corrected chi connectivity index (χ0v) is 15.5.